The molecule has 4 saturated carbocycles. The van der Waals surface area contributed by atoms with Crippen molar-refractivity contribution in [2.75, 3.05) is 5.73 Å². The lowest BCUT2D eigenvalue weighted by Crippen LogP contribution is -2.55. The highest BCUT2D eigenvalue weighted by atomic mass is 16.5. The van der Waals surface area contributed by atoms with Gasteiger partial charge in [0.2, 0.25) is 0 Å². The van der Waals surface area contributed by atoms with Crippen LogP contribution < -0.4 is 20.9 Å². The summed E-state index contributed by atoms with van der Waals surface area (Å²) in [5, 5.41) is 0. The van der Waals surface area contributed by atoms with Gasteiger partial charge in [-0.3, -0.25) is 0 Å². The summed E-state index contributed by atoms with van der Waals surface area (Å²) in [5.41, 5.74) is 18.3. The van der Waals surface area contributed by atoms with Crippen molar-refractivity contribution in [3.63, 3.8) is 0 Å². The van der Waals surface area contributed by atoms with Gasteiger partial charge in [0.15, 0.2) is 0 Å². The van der Waals surface area contributed by atoms with E-state index in [4.69, 9.17) is 20.9 Å². The van der Waals surface area contributed by atoms with Crippen molar-refractivity contribution >= 4 is 5.69 Å². The van der Waals surface area contributed by atoms with Crippen molar-refractivity contribution in [3.05, 3.63) is 132 Å². The van der Waals surface area contributed by atoms with Crippen LogP contribution in [0.15, 0.2) is 121 Å². The Bertz CT molecular complexity index is 1990. The average molecular weight is 767 g/mol. The van der Waals surface area contributed by atoms with Gasteiger partial charge in [-0.05, 0) is 197 Å². The van der Waals surface area contributed by atoms with Crippen LogP contribution in [0, 0.1) is 46.3 Å². The van der Waals surface area contributed by atoms with E-state index < -0.39 is 0 Å². The Hall–Kier alpha value is -4.18. The van der Waals surface area contributed by atoms with Crippen LogP contribution in [0.1, 0.15) is 130 Å². The fourth-order valence-corrected chi connectivity index (χ4v) is 12.9. The third-order valence-corrected chi connectivity index (χ3v) is 15.9. The zero-order valence-corrected chi connectivity index (χ0v) is 35.9. The molecule has 3 aromatic rings. The number of nitrogens with two attached hydrogens (primary N) is 2. The summed E-state index contributed by atoms with van der Waals surface area (Å²) in [7, 11) is 0. The summed E-state index contributed by atoms with van der Waals surface area (Å²) in [6.45, 7) is 18.3. The van der Waals surface area contributed by atoms with Gasteiger partial charge in [0.25, 0.3) is 0 Å². The maximum Gasteiger partial charge on any atom is 0.129 e. The monoisotopic (exact) mass is 767 g/mol. The first-order chi connectivity index (χ1) is 27.4. The molecule has 4 nitrogen and oxygen atoms in total. The number of hydrogen-bond donors (Lipinski definition) is 2. The Morgan fingerprint density at radius 1 is 0.842 bits per heavy atom. The van der Waals surface area contributed by atoms with Crippen LogP contribution in [0.5, 0.6) is 17.2 Å². The quantitative estimate of drug-likeness (QED) is 0.0597. The summed E-state index contributed by atoms with van der Waals surface area (Å²) < 4.78 is 13.0. The van der Waals surface area contributed by atoms with Gasteiger partial charge in [0, 0.05) is 28.9 Å². The molecule has 4 N–H and O–H groups in total. The summed E-state index contributed by atoms with van der Waals surface area (Å²) in [4.78, 5) is 0. The van der Waals surface area contributed by atoms with Crippen molar-refractivity contribution in [1.29, 1.82) is 0 Å². The van der Waals surface area contributed by atoms with Gasteiger partial charge in [-0.1, -0.05) is 75.8 Å². The second-order valence-corrected chi connectivity index (χ2v) is 19.2. The molecule has 57 heavy (non-hydrogen) atoms. The minimum Gasteiger partial charge on any atom is -0.458 e. The van der Waals surface area contributed by atoms with Crippen LogP contribution in [-0.4, -0.2) is 0 Å². The van der Waals surface area contributed by atoms with E-state index in [0.717, 1.165) is 59.7 Å². The Morgan fingerprint density at radius 3 is 2.23 bits per heavy atom. The number of fused-ring (bicyclic) bond motifs is 5. The standard InChI is InChI=1S/C53H70N2O2/c1-8-41(54)33-43(9-2)56-44-20-12-17-38(31-44)53(39-18-13-21-45(32-39)57-46-22-14-19-42(55)34-46)30-29-51(6)40(35-53)23-24-47-49-26-25-48(52(49,7)28-27-50(47)51)37(5)16-11-10-15-36(3)4/h8-9,12-15,17-22,31-34,37,40,47-50H,1,10-11,16,23-30,35,54-55H2,2-7H3/b41-33+,43-9+. The molecule has 9 atom stereocenters. The van der Waals surface area contributed by atoms with Gasteiger partial charge >= 0.3 is 0 Å². The predicted octanol–water partition coefficient (Wildman–Crippen LogP) is 14.1. The molecule has 0 saturated heterocycles. The van der Waals surface area contributed by atoms with Crippen molar-refractivity contribution in [1.82, 2.24) is 0 Å². The third-order valence-electron chi connectivity index (χ3n) is 15.9. The molecule has 0 spiro atoms. The molecule has 4 fully saturated rings. The van der Waals surface area contributed by atoms with Gasteiger partial charge in [-0.25, -0.2) is 0 Å². The Labute approximate surface area is 344 Å². The molecule has 0 aromatic heterocycles. The van der Waals surface area contributed by atoms with E-state index in [1.165, 1.54) is 80.9 Å². The first kappa shape index (κ1) is 41.0. The topological polar surface area (TPSA) is 70.5 Å². The highest BCUT2D eigenvalue weighted by Gasteiger charge is 2.62. The number of hydrogen-bond acceptors (Lipinski definition) is 4. The predicted molar refractivity (Wildman–Crippen MR) is 239 cm³/mol. The van der Waals surface area contributed by atoms with Crippen LogP contribution in [-0.2, 0) is 5.41 Å². The molecule has 304 valence electrons. The zero-order valence-electron chi connectivity index (χ0n) is 35.9. The number of ether oxygens (including phenoxy) is 2. The Kier molecular flexibility index (Phi) is 12.2. The lowest BCUT2D eigenvalue weighted by molar-refractivity contribution is -0.122. The smallest absolute Gasteiger partial charge is 0.129 e. The van der Waals surface area contributed by atoms with Crippen molar-refractivity contribution in [2.45, 2.75) is 124 Å². The summed E-state index contributed by atoms with van der Waals surface area (Å²) in [6, 6.07) is 25.4. The molecule has 0 heterocycles. The first-order valence-electron chi connectivity index (χ1n) is 22.2. The lowest BCUT2D eigenvalue weighted by Gasteiger charge is -2.63. The molecule has 3 aromatic carbocycles. The normalized spacial score (nSPS) is 31.6. The van der Waals surface area contributed by atoms with E-state index in [1.807, 2.05) is 43.3 Å². The van der Waals surface area contributed by atoms with Crippen LogP contribution in [0.3, 0.4) is 0 Å². The van der Waals surface area contributed by atoms with Gasteiger partial charge in [-0.2, -0.15) is 0 Å². The molecule has 0 bridgehead atoms. The Morgan fingerprint density at radius 2 is 1.53 bits per heavy atom. The number of rotatable bonds is 13. The first-order valence-corrected chi connectivity index (χ1v) is 22.2. The van der Waals surface area contributed by atoms with E-state index in [2.05, 4.69) is 95.8 Å². The van der Waals surface area contributed by atoms with Gasteiger partial charge in [-0.15, -0.1) is 0 Å². The van der Waals surface area contributed by atoms with Gasteiger partial charge < -0.3 is 20.9 Å². The van der Waals surface area contributed by atoms with Crippen LogP contribution in [0.2, 0.25) is 0 Å². The molecule has 4 heteroatoms. The summed E-state index contributed by atoms with van der Waals surface area (Å²) in [5.74, 6) is 8.04. The molecule has 9 unspecified atom stereocenters. The second kappa shape index (κ2) is 17.0. The second-order valence-electron chi connectivity index (χ2n) is 19.2. The minimum atomic E-state index is -0.180. The number of anilines is 1. The molecule has 0 aliphatic heterocycles. The third kappa shape index (κ3) is 8.26. The summed E-state index contributed by atoms with van der Waals surface area (Å²) >= 11 is 0. The number of unbranched alkanes of at least 4 members (excludes halogenated alkanes) is 1. The number of allylic oxidation sites excluding steroid dienone is 5. The van der Waals surface area contributed by atoms with E-state index in [1.54, 1.807) is 6.08 Å². The van der Waals surface area contributed by atoms with E-state index >= 15 is 0 Å². The van der Waals surface area contributed by atoms with Gasteiger partial charge in [0.05, 0.1) is 0 Å². The molecular weight excluding hydrogens is 697 g/mol. The van der Waals surface area contributed by atoms with Crippen LogP contribution in [0.4, 0.5) is 5.69 Å². The molecule has 0 radical (unpaired) electrons. The molecule has 4 aliphatic rings. The highest BCUT2D eigenvalue weighted by Crippen LogP contribution is 2.70. The SMILES string of the molecule is C=C/C(N)=C\C(=C/C)Oc1cccc(C2(c3cccc(Oc4cccc(N)c4)c3)CCC3(C)C(CCC4C3CCC3(C)C(C(C)CCCC=C(C)C)CCC43)C2)c1. The van der Waals surface area contributed by atoms with E-state index in [9.17, 15) is 0 Å². The maximum atomic E-state index is 6.49. The van der Waals surface area contributed by atoms with E-state index in [0.29, 0.717) is 33.9 Å². The molecular formula is C53H70N2O2. The zero-order chi connectivity index (χ0) is 40.4. The fourth-order valence-electron chi connectivity index (χ4n) is 12.9. The Balaban J connectivity index is 1.18. The summed E-state index contributed by atoms with van der Waals surface area (Å²) in [6.07, 6.45) is 23.7. The maximum absolute atomic E-state index is 6.49. The lowest BCUT2D eigenvalue weighted by atomic mass is 9.42. The number of nitrogen functional groups attached to an aromatic ring is 1. The van der Waals surface area contributed by atoms with Crippen molar-refractivity contribution < 1.29 is 9.47 Å². The minimum absolute atomic E-state index is 0.180. The van der Waals surface area contributed by atoms with Crippen molar-refractivity contribution in [2.24, 2.45) is 52.1 Å². The number of benzene rings is 3. The molecule has 7 rings (SSSR count). The van der Waals surface area contributed by atoms with E-state index in [-0.39, 0.29) is 5.41 Å². The molecule has 4 aliphatic carbocycles. The molecule has 0 amide bonds. The van der Waals surface area contributed by atoms with Gasteiger partial charge in [0.1, 0.15) is 23.0 Å². The highest BCUT2D eigenvalue weighted by molar-refractivity contribution is 5.49. The van der Waals surface area contributed by atoms with Crippen LogP contribution in [0.25, 0.3) is 0 Å². The van der Waals surface area contributed by atoms with Crippen LogP contribution >= 0.6 is 0 Å². The average Bonchev–Trinajstić information content (AvgIpc) is 3.56. The largest absolute Gasteiger partial charge is 0.458 e. The van der Waals surface area contributed by atoms with Crippen molar-refractivity contribution in [3.8, 4) is 17.2 Å². The fraction of sp³-hybridized carbons (Fsp3) is 0.509.